The first-order valence-electron chi connectivity index (χ1n) is 14.0. The van der Waals surface area contributed by atoms with Crippen LogP contribution in [0.25, 0.3) is 11.1 Å². The fourth-order valence-corrected chi connectivity index (χ4v) is 4.68. The van der Waals surface area contributed by atoms with E-state index in [2.05, 4.69) is 11.9 Å². The number of hydrogen-bond donors (Lipinski definition) is 1. The number of halogens is 2. The van der Waals surface area contributed by atoms with Crippen LogP contribution in [0.4, 0.5) is 0 Å². The summed E-state index contributed by atoms with van der Waals surface area (Å²) in [5.41, 5.74) is 3.40. The lowest BCUT2D eigenvalue weighted by Crippen LogP contribution is -2.29. The Balaban J connectivity index is 1.28. The van der Waals surface area contributed by atoms with Gasteiger partial charge in [0, 0.05) is 36.9 Å². The summed E-state index contributed by atoms with van der Waals surface area (Å²) in [7, 11) is 0. The van der Waals surface area contributed by atoms with Crippen molar-refractivity contribution in [1.82, 2.24) is 5.32 Å². The van der Waals surface area contributed by atoms with Gasteiger partial charge in [0.1, 0.15) is 16.6 Å². The van der Waals surface area contributed by atoms with E-state index in [1.165, 1.54) is 12.1 Å². The number of ketones is 3. The zero-order valence-electron chi connectivity index (χ0n) is 23.7. The van der Waals surface area contributed by atoms with Crippen LogP contribution < -0.4 is 10.1 Å². The monoisotopic (exact) mass is 607 g/mol. The molecule has 3 rings (SSSR count). The van der Waals surface area contributed by atoms with Crippen molar-refractivity contribution >= 4 is 46.5 Å². The number of Topliss-reactive ketones (excluding diaryl/α,β-unsaturated/α-hetero) is 3. The third kappa shape index (κ3) is 9.68. The fraction of sp³-hybridized carbons (Fsp3) is 0.294. The van der Waals surface area contributed by atoms with Gasteiger partial charge in [-0.15, -0.1) is 0 Å². The average Bonchev–Trinajstić information content (AvgIpc) is 3.02. The van der Waals surface area contributed by atoms with Gasteiger partial charge < -0.3 is 10.1 Å². The molecule has 8 heteroatoms. The van der Waals surface area contributed by atoms with E-state index in [0.29, 0.717) is 43.4 Å². The molecular weight excluding hydrogens is 573 g/mol. The van der Waals surface area contributed by atoms with Gasteiger partial charge in [0.05, 0.1) is 5.02 Å². The summed E-state index contributed by atoms with van der Waals surface area (Å²) in [4.78, 5) is 49.2. The first-order valence-corrected chi connectivity index (χ1v) is 14.8. The van der Waals surface area contributed by atoms with Gasteiger partial charge in [-0.05, 0) is 48.1 Å². The molecule has 0 aliphatic carbocycles. The topological polar surface area (TPSA) is 89.5 Å². The third-order valence-corrected chi connectivity index (χ3v) is 7.66. The number of amides is 1. The fourth-order valence-electron chi connectivity index (χ4n) is 4.22. The molecule has 0 atom stereocenters. The summed E-state index contributed by atoms with van der Waals surface area (Å²) >= 11 is 12.5. The van der Waals surface area contributed by atoms with Crippen LogP contribution in [-0.4, -0.2) is 36.4 Å². The highest BCUT2D eigenvalue weighted by Crippen LogP contribution is 2.35. The molecule has 6 nitrogen and oxygen atoms in total. The molecule has 0 radical (unpaired) electrons. The lowest BCUT2D eigenvalue weighted by atomic mass is 9.99. The standard InChI is InChI=1S/C34H35Cl2NO5/c1-3-23(2)34(41)28-18-20-30(33(36)32(28)35)42-22-31(40)37-21-9-5-8-12-27(38)17-19-29(39)26-15-13-25(14-16-26)24-10-6-4-7-11-24/h4,6-7,10-11,13-16,18,20H,2-3,5,8-9,12,17,19,21-22H2,1H3,(H,37,40). The van der Waals surface area contributed by atoms with Gasteiger partial charge in [0.25, 0.3) is 5.91 Å². The maximum atomic E-state index is 12.5. The Kier molecular flexibility index (Phi) is 13.0. The normalized spacial score (nSPS) is 10.6. The van der Waals surface area contributed by atoms with E-state index < -0.39 is 0 Å². The maximum Gasteiger partial charge on any atom is 0.257 e. The average molecular weight is 609 g/mol. The van der Waals surface area contributed by atoms with Gasteiger partial charge in [0.15, 0.2) is 18.2 Å². The molecule has 0 heterocycles. The van der Waals surface area contributed by atoms with E-state index in [0.717, 1.165) is 17.5 Å². The Morgan fingerprint density at radius 3 is 2.17 bits per heavy atom. The van der Waals surface area contributed by atoms with Crippen LogP contribution in [0.3, 0.4) is 0 Å². The van der Waals surface area contributed by atoms with Crippen LogP contribution >= 0.6 is 23.2 Å². The van der Waals surface area contributed by atoms with Crippen molar-refractivity contribution in [1.29, 1.82) is 0 Å². The van der Waals surface area contributed by atoms with Crippen molar-refractivity contribution < 1.29 is 23.9 Å². The number of carbonyl (C=O) groups is 4. The zero-order chi connectivity index (χ0) is 30.5. The van der Waals surface area contributed by atoms with Crippen molar-refractivity contribution in [3.05, 3.63) is 100 Å². The molecule has 0 aromatic heterocycles. The van der Waals surface area contributed by atoms with Crippen LogP contribution in [0.15, 0.2) is 78.9 Å². The second-order valence-corrected chi connectivity index (χ2v) is 10.6. The van der Waals surface area contributed by atoms with Crippen LogP contribution in [0.2, 0.25) is 10.0 Å². The van der Waals surface area contributed by atoms with Crippen molar-refractivity contribution in [2.45, 2.75) is 51.9 Å². The molecule has 1 N–H and O–H groups in total. The highest BCUT2D eigenvalue weighted by Gasteiger charge is 2.18. The highest BCUT2D eigenvalue weighted by atomic mass is 35.5. The number of unbranched alkanes of at least 4 members (excludes halogenated alkanes) is 2. The van der Waals surface area contributed by atoms with Crippen molar-refractivity contribution in [2.24, 2.45) is 0 Å². The predicted octanol–water partition coefficient (Wildman–Crippen LogP) is 8.10. The van der Waals surface area contributed by atoms with E-state index in [1.807, 2.05) is 61.5 Å². The second-order valence-electron chi connectivity index (χ2n) is 9.88. The summed E-state index contributed by atoms with van der Waals surface area (Å²) in [5, 5.41) is 2.89. The molecule has 1 amide bonds. The highest BCUT2D eigenvalue weighted by molar-refractivity contribution is 6.45. The number of hydrogen-bond acceptors (Lipinski definition) is 5. The molecule has 220 valence electrons. The molecule has 0 aliphatic heterocycles. The van der Waals surface area contributed by atoms with Crippen LogP contribution in [0.5, 0.6) is 5.75 Å². The van der Waals surface area contributed by atoms with Crippen molar-refractivity contribution in [2.75, 3.05) is 13.2 Å². The number of benzene rings is 3. The molecule has 0 fully saturated rings. The van der Waals surface area contributed by atoms with Gasteiger partial charge in [-0.2, -0.15) is 0 Å². The van der Waals surface area contributed by atoms with E-state index in [-0.39, 0.29) is 64.1 Å². The summed E-state index contributed by atoms with van der Waals surface area (Å²) in [6, 6.07) is 20.4. The maximum absolute atomic E-state index is 12.5. The van der Waals surface area contributed by atoms with E-state index >= 15 is 0 Å². The number of nitrogens with one attached hydrogen (secondary N) is 1. The molecule has 0 saturated carbocycles. The minimum atomic E-state index is -0.326. The van der Waals surface area contributed by atoms with Crippen LogP contribution in [0, 0.1) is 0 Å². The zero-order valence-corrected chi connectivity index (χ0v) is 25.2. The number of carbonyl (C=O) groups excluding carboxylic acids is 4. The molecule has 0 aliphatic rings. The lowest BCUT2D eigenvalue weighted by molar-refractivity contribution is -0.123. The van der Waals surface area contributed by atoms with E-state index in [9.17, 15) is 19.2 Å². The number of ether oxygens (including phenoxy) is 1. The molecule has 0 spiro atoms. The smallest absolute Gasteiger partial charge is 0.257 e. The molecule has 0 unspecified atom stereocenters. The Bertz CT molecular complexity index is 1420. The van der Waals surface area contributed by atoms with E-state index in [1.54, 1.807) is 0 Å². The van der Waals surface area contributed by atoms with Gasteiger partial charge in [-0.1, -0.05) is 97.7 Å². The van der Waals surface area contributed by atoms with Crippen molar-refractivity contribution in [3.8, 4) is 16.9 Å². The number of allylic oxidation sites excluding steroid dienone is 1. The van der Waals surface area contributed by atoms with Gasteiger partial charge in [0.2, 0.25) is 0 Å². The summed E-state index contributed by atoms with van der Waals surface area (Å²) < 4.78 is 5.48. The van der Waals surface area contributed by atoms with Crippen molar-refractivity contribution in [3.63, 3.8) is 0 Å². The van der Waals surface area contributed by atoms with Crippen LogP contribution in [0.1, 0.15) is 72.6 Å². The first kappa shape index (κ1) is 32.8. The lowest BCUT2D eigenvalue weighted by Gasteiger charge is -2.12. The minimum absolute atomic E-state index is 0.0386. The molecular formula is C34H35Cl2NO5. The summed E-state index contributed by atoms with van der Waals surface area (Å²) in [6.45, 7) is 5.73. The molecule has 0 saturated heterocycles. The summed E-state index contributed by atoms with van der Waals surface area (Å²) in [6.07, 6.45) is 3.48. The molecule has 3 aromatic rings. The van der Waals surface area contributed by atoms with Gasteiger partial charge in [-0.25, -0.2) is 0 Å². The largest absolute Gasteiger partial charge is 0.482 e. The predicted molar refractivity (Wildman–Crippen MR) is 168 cm³/mol. The van der Waals surface area contributed by atoms with Gasteiger partial charge in [-0.3, -0.25) is 19.2 Å². The minimum Gasteiger partial charge on any atom is -0.482 e. The van der Waals surface area contributed by atoms with E-state index in [4.69, 9.17) is 27.9 Å². The van der Waals surface area contributed by atoms with Crippen LogP contribution in [-0.2, 0) is 9.59 Å². The second kappa shape index (κ2) is 16.6. The SMILES string of the molecule is C=C(CC)C(=O)c1ccc(OCC(=O)NCCCCCC(=O)CCC(=O)c2ccc(-c3ccccc3)cc2)c(Cl)c1Cl. The molecule has 0 bridgehead atoms. The third-order valence-electron chi connectivity index (χ3n) is 6.80. The Labute approximate surface area is 257 Å². The Morgan fingerprint density at radius 2 is 1.48 bits per heavy atom. The molecule has 42 heavy (non-hydrogen) atoms. The quantitative estimate of drug-likeness (QED) is 0.0951. The first-order chi connectivity index (χ1) is 20.2. The Hall–Kier alpha value is -3.74. The number of rotatable bonds is 17. The summed E-state index contributed by atoms with van der Waals surface area (Å²) in [5.74, 6) is -0.383. The Morgan fingerprint density at radius 1 is 0.786 bits per heavy atom. The van der Waals surface area contributed by atoms with Gasteiger partial charge >= 0.3 is 0 Å². The molecule has 3 aromatic carbocycles.